The molecule has 1 unspecified atom stereocenters. The molecule has 3 N–H and O–H groups in total. The highest BCUT2D eigenvalue weighted by Gasteiger charge is 2.24. The molecule has 0 saturated carbocycles. The van der Waals surface area contributed by atoms with Gasteiger partial charge in [-0.25, -0.2) is 4.79 Å². The Morgan fingerprint density at radius 3 is 2.28 bits per heavy atom. The molecule has 0 fully saturated rings. The molecule has 0 aliphatic heterocycles. The molecule has 0 aliphatic carbocycles. The Morgan fingerprint density at radius 1 is 1.22 bits per heavy atom. The topological polar surface area (TPSA) is 78.4 Å². The molecule has 0 aromatic heterocycles. The van der Waals surface area contributed by atoms with Crippen molar-refractivity contribution in [2.45, 2.75) is 59.0 Å². The maximum absolute atomic E-state index is 11.6. The molecule has 5 nitrogen and oxygen atoms in total. The number of rotatable bonds is 9. The molecule has 0 aromatic carbocycles. The minimum Gasteiger partial charge on any atom is -0.480 e. The monoisotopic (exact) mass is 258 g/mol. The van der Waals surface area contributed by atoms with Gasteiger partial charge in [0.15, 0.2) is 0 Å². The molecular formula is C13H26N2O3. The number of carbonyl (C=O) groups is 2. The van der Waals surface area contributed by atoms with Crippen molar-refractivity contribution < 1.29 is 14.7 Å². The molecule has 0 aliphatic rings. The molecule has 18 heavy (non-hydrogen) atoms. The van der Waals surface area contributed by atoms with Crippen molar-refractivity contribution in [3.8, 4) is 0 Å². The summed E-state index contributed by atoms with van der Waals surface area (Å²) >= 11 is 0. The minimum absolute atomic E-state index is 0.0553. The molecule has 0 heterocycles. The van der Waals surface area contributed by atoms with E-state index in [2.05, 4.69) is 10.6 Å². The van der Waals surface area contributed by atoms with Gasteiger partial charge in [-0.05, 0) is 18.9 Å². The van der Waals surface area contributed by atoms with Gasteiger partial charge >= 0.3 is 5.97 Å². The number of hydrogen-bond donors (Lipinski definition) is 3. The van der Waals surface area contributed by atoms with Crippen molar-refractivity contribution in [3.63, 3.8) is 0 Å². The quantitative estimate of drug-likeness (QED) is 0.546. The zero-order valence-corrected chi connectivity index (χ0v) is 11.8. The highest BCUT2D eigenvalue weighted by Crippen LogP contribution is 2.08. The van der Waals surface area contributed by atoms with Crippen LogP contribution in [0.25, 0.3) is 0 Å². The number of amides is 1. The Morgan fingerprint density at radius 2 is 1.83 bits per heavy atom. The summed E-state index contributed by atoms with van der Waals surface area (Å²) in [6.07, 6.45) is 1.81. The standard InChI is InChI=1S/C13H26N2O3/c1-5-10(4)12(13(17)18)15-11(16)7-6-8-14-9(2)3/h9-10,12,14H,5-8H2,1-4H3,(H,15,16)(H,17,18)/t10?,12-/m0/s1. The molecule has 0 saturated heterocycles. The van der Waals surface area contributed by atoms with E-state index in [1.165, 1.54) is 0 Å². The molecule has 0 radical (unpaired) electrons. The predicted molar refractivity (Wildman–Crippen MR) is 71.4 cm³/mol. The van der Waals surface area contributed by atoms with Gasteiger partial charge in [-0.3, -0.25) is 4.79 Å². The molecule has 0 spiro atoms. The van der Waals surface area contributed by atoms with Crippen LogP contribution in [0.3, 0.4) is 0 Å². The first-order chi connectivity index (χ1) is 8.38. The number of carboxylic acids is 1. The summed E-state index contributed by atoms with van der Waals surface area (Å²) in [5, 5.41) is 14.8. The minimum atomic E-state index is -0.960. The molecule has 0 aromatic rings. The highest BCUT2D eigenvalue weighted by atomic mass is 16.4. The Labute approximate surface area is 109 Å². The lowest BCUT2D eigenvalue weighted by atomic mass is 9.99. The van der Waals surface area contributed by atoms with E-state index < -0.39 is 12.0 Å². The van der Waals surface area contributed by atoms with Crippen molar-refractivity contribution in [1.82, 2.24) is 10.6 Å². The maximum atomic E-state index is 11.6. The second-order valence-electron chi connectivity index (χ2n) is 4.98. The van der Waals surface area contributed by atoms with Gasteiger partial charge in [0, 0.05) is 12.5 Å². The van der Waals surface area contributed by atoms with E-state index in [1.807, 2.05) is 27.7 Å². The van der Waals surface area contributed by atoms with E-state index in [1.54, 1.807) is 0 Å². The third-order valence-electron chi connectivity index (χ3n) is 2.93. The predicted octanol–water partition coefficient (Wildman–Crippen LogP) is 1.38. The van der Waals surface area contributed by atoms with Gasteiger partial charge in [0.25, 0.3) is 0 Å². The summed E-state index contributed by atoms with van der Waals surface area (Å²) < 4.78 is 0. The number of carboxylic acid groups (broad SMARTS) is 1. The van der Waals surface area contributed by atoms with Gasteiger partial charge in [-0.1, -0.05) is 34.1 Å². The van der Waals surface area contributed by atoms with Gasteiger partial charge in [-0.2, -0.15) is 0 Å². The van der Waals surface area contributed by atoms with E-state index >= 15 is 0 Å². The Hall–Kier alpha value is -1.10. The van der Waals surface area contributed by atoms with Crippen LogP contribution >= 0.6 is 0 Å². The van der Waals surface area contributed by atoms with Gasteiger partial charge in [0.1, 0.15) is 6.04 Å². The molecule has 2 atom stereocenters. The Bertz CT molecular complexity index is 267. The number of nitrogens with one attached hydrogen (secondary N) is 2. The lowest BCUT2D eigenvalue weighted by Crippen LogP contribution is -2.45. The molecule has 106 valence electrons. The van der Waals surface area contributed by atoms with E-state index in [0.717, 1.165) is 19.4 Å². The van der Waals surface area contributed by atoms with Gasteiger partial charge in [-0.15, -0.1) is 0 Å². The third kappa shape index (κ3) is 7.27. The summed E-state index contributed by atoms with van der Waals surface area (Å²) in [6, 6.07) is -0.375. The second kappa shape index (κ2) is 8.91. The van der Waals surface area contributed by atoms with E-state index in [0.29, 0.717) is 12.5 Å². The first kappa shape index (κ1) is 16.9. The summed E-state index contributed by atoms with van der Waals surface area (Å²) in [5.74, 6) is -1.20. The van der Waals surface area contributed by atoms with Gasteiger partial charge < -0.3 is 15.7 Å². The molecule has 1 amide bonds. The second-order valence-corrected chi connectivity index (χ2v) is 4.98. The molecular weight excluding hydrogens is 232 g/mol. The highest BCUT2D eigenvalue weighted by molar-refractivity contribution is 5.83. The number of aliphatic carboxylic acids is 1. The SMILES string of the molecule is CCC(C)[C@H](NC(=O)CCCNC(C)C)C(=O)O. The molecule has 0 bridgehead atoms. The van der Waals surface area contributed by atoms with Crippen molar-refractivity contribution in [2.24, 2.45) is 5.92 Å². The summed E-state index contributed by atoms with van der Waals surface area (Å²) in [5.41, 5.74) is 0. The fourth-order valence-corrected chi connectivity index (χ4v) is 1.57. The van der Waals surface area contributed by atoms with Crippen LogP contribution in [0.4, 0.5) is 0 Å². The van der Waals surface area contributed by atoms with Crippen LogP contribution in [-0.4, -0.2) is 35.6 Å². The van der Waals surface area contributed by atoms with Crippen LogP contribution in [0.5, 0.6) is 0 Å². The number of hydrogen-bond acceptors (Lipinski definition) is 3. The fourth-order valence-electron chi connectivity index (χ4n) is 1.57. The Kier molecular flexibility index (Phi) is 8.37. The summed E-state index contributed by atoms with van der Waals surface area (Å²) in [7, 11) is 0. The van der Waals surface area contributed by atoms with Crippen LogP contribution < -0.4 is 10.6 Å². The first-order valence-corrected chi connectivity index (χ1v) is 6.64. The van der Waals surface area contributed by atoms with E-state index in [-0.39, 0.29) is 11.8 Å². The van der Waals surface area contributed by atoms with Crippen molar-refractivity contribution in [2.75, 3.05) is 6.54 Å². The average molecular weight is 258 g/mol. The normalized spacial score (nSPS) is 14.3. The van der Waals surface area contributed by atoms with Crippen molar-refractivity contribution in [3.05, 3.63) is 0 Å². The van der Waals surface area contributed by atoms with E-state index in [9.17, 15) is 9.59 Å². The number of carbonyl (C=O) groups excluding carboxylic acids is 1. The van der Waals surface area contributed by atoms with Crippen molar-refractivity contribution >= 4 is 11.9 Å². The van der Waals surface area contributed by atoms with Crippen LogP contribution in [0.1, 0.15) is 47.0 Å². The summed E-state index contributed by atoms with van der Waals surface area (Å²) in [4.78, 5) is 22.6. The molecule has 0 rings (SSSR count). The first-order valence-electron chi connectivity index (χ1n) is 6.64. The Balaban J connectivity index is 4.00. The lowest BCUT2D eigenvalue weighted by Gasteiger charge is -2.20. The van der Waals surface area contributed by atoms with Crippen LogP contribution in [0.2, 0.25) is 0 Å². The maximum Gasteiger partial charge on any atom is 0.326 e. The van der Waals surface area contributed by atoms with Crippen LogP contribution in [-0.2, 0) is 9.59 Å². The smallest absolute Gasteiger partial charge is 0.326 e. The van der Waals surface area contributed by atoms with Crippen molar-refractivity contribution in [1.29, 1.82) is 0 Å². The van der Waals surface area contributed by atoms with Gasteiger partial charge in [0.2, 0.25) is 5.91 Å². The third-order valence-corrected chi connectivity index (χ3v) is 2.93. The average Bonchev–Trinajstić information content (AvgIpc) is 2.30. The van der Waals surface area contributed by atoms with E-state index in [4.69, 9.17) is 5.11 Å². The van der Waals surface area contributed by atoms with Crippen LogP contribution in [0.15, 0.2) is 0 Å². The lowest BCUT2D eigenvalue weighted by molar-refractivity contribution is -0.143. The zero-order valence-electron chi connectivity index (χ0n) is 11.8. The van der Waals surface area contributed by atoms with Crippen LogP contribution in [0, 0.1) is 5.92 Å². The summed E-state index contributed by atoms with van der Waals surface area (Å²) in [6.45, 7) is 8.61. The largest absolute Gasteiger partial charge is 0.480 e. The molecule has 5 heteroatoms. The van der Waals surface area contributed by atoms with Gasteiger partial charge in [0.05, 0.1) is 0 Å². The zero-order chi connectivity index (χ0) is 14.1. The fraction of sp³-hybridized carbons (Fsp3) is 0.846.